The highest BCUT2D eigenvalue weighted by atomic mass is 16.2. The predicted octanol–water partition coefficient (Wildman–Crippen LogP) is -0.596. The molecule has 0 saturated carbocycles. The number of carbonyl (C=O) groups is 4. The highest BCUT2D eigenvalue weighted by Crippen LogP contribution is 2.36. The zero-order valence-corrected chi connectivity index (χ0v) is 9.46. The summed E-state index contributed by atoms with van der Waals surface area (Å²) in [4.78, 5) is 46.9. The largest absolute Gasteiger partial charge is 0.343 e. The average molecular weight is 249 g/mol. The van der Waals surface area contributed by atoms with Gasteiger partial charge >= 0.3 is 6.03 Å². The number of nitrogens with one attached hydrogen (secondary N) is 1. The van der Waals surface area contributed by atoms with Crippen molar-refractivity contribution < 1.29 is 19.2 Å². The highest BCUT2D eigenvalue weighted by molar-refractivity contribution is 6.09. The molecule has 94 valence electrons. The molecule has 0 spiro atoms. The van der Waals surface area contributed by atoms with E-state index in [0.717, 1.165) is 10.0 Å². The van der Waals surface area contributed by atoms with E-state index in [1.54, 1.807) is 0 Å². The number of urea groups is 1. The van der Waals surface area contributed by atoms with E-state index in [9.17, 15) is 19.2 Å². The lowest BCUT2D eigenvalue weighted by Crippen LogP contribution is -2.48. The van der Waals surface area contributed by atoms with Gasteiger partial charge in [-0.3, -0.25) is 19.7 Å². The molecule has 5 amide bonds. The number of imide groups is 2. The average Bonchev–Trinajstić information content (AvgIpc) is 2.79. The molecule has 0 aromatic heterocycles. The molecule has 0 radical (unpaired) electrons. The summed E-state index contributed by atoms with van der Waals surface area (Å²) in [6.07, 6.45) is 4.75. The molecule has 2 heterocycles. The molecule has 0 aromatic carbocycles. The van der Waals surface area contributed by atoms with Crippen LogP contribution in [0.2, 0.25) is 0 Å². The topological polar surface area (TPSA) is 86.8 Å². The molecule has 0 bridgehead atoms. The molecule has 2 atom stereocenters. The molecular formula is C11H11N3O4. The van der Waals surface area contributed by atoms with Crippen LogP contribution in [-0.4, -0.2) is 40.3 Å². The van der Waals surface area contributed by atoms with E-state index in [0.29, 0.717) is 12.8 Å². The molecular weight excluding hydrogens is 238 g/mol. The van der Waals surface area contributed by atoms with E-state index >= 15 is 0 Å². The van der Waals surface area contributed by atoms with Crippen molar-refractivity contribution in [1.82, 2.24) is 15.3 Å². The van der Waals surface area contributed by atoms with E-state index in [4.69, 9.17) is 0 Å². The Bertz CT molecular complexity index is 473. The van der Waals surface area contributed by atoms with Crippen molar-refractivity contribution in [2.45, 2.75) is 12.8 Å². The Balaban J connectivity index is 1.90. The number of allylic oxidation sites excluding steroid dienone is 2. The van der Waals surface area contributed by atoms with E-state index in [1.807, 2.05) is 12.2 Å². The maximum absolute atomic E-state index is 12.1. The standard InChI is InChI=1S/C11H11N3O4/c15-8-5-13(11(18)12-8)14-9(16)6-3-1-2-4-7(6)10(14)17/h1-2,6-7H,3-5H2,(H,12,15,18). The Kier molecular flexibility index (Phi) is 2.22. The van der Waals surface area contributed by atoms with Crippen LogP contribution in [0.15, 0.2) is 12.2 Å². The van der Waals surface area contributed by atoms with Crippen molar-refractivity contribution in [3.8, 4) is 0 Å². The zero-order chi connectivity index (χ0) is 12.9. The van der Waals surface area contributed by atoms with Gasteiger partial charge in [-0.1, -0.05) is 12.2 Å². The van der Waals surface area contributed by atoms with Crippen molar-refractivity contribution in [3.63, 3.8) is 0 Å². The summed E-state index contributed by atoms with van der Waals surface area (Å²) >= 11 is 0. The van der Waals surface area contributed by atoms with Crippen LogP contribution in [0.3, 0.4) is 0 Å². The van der Waals surface area contributed by atoms with Gasteiger partial charge in [-0.15, -0.1) is 0 Å². The molecule has 0 aromatic rings. The minimum Gasteiger partial charge on any atom is -0.275 e. The van der Waals surface area contributed by atoms with Crippen LogP contribution in [0.5, 0.6) is 0 Å². The third-order valence-corrected chi connectivity index (χ3v) is 3.50. The van der Waals surface area contributed by atoms with Gasteiger partial charge in [0.2, 0.25) is 5.91 Å². The summed E-state index contributed by atoms with van der Waals surface area (Å²) in [5.74, 6) is -2.08. The smallest absolute Gasteiger partial charge is 0.275 e. The number of hydrogen-bond acceptors (Lipinski definition) is 4. The lowest BCUT2D eigenvalue weighted by atomic mass is 9.85. The van der Waals surface area contributed by atoms with E-state index < -0.39 is 23.8 Å². The molecule has 2 fully saturated rings. The number of amides is 5. The van der Waals surface area contributed by atoms with Gasteiger partial charge in [0.15, 0.2) is 0 Å². The second-order valence-electron chi connectivity index (χ2n) is 4.56. The second kappa shape index (κ2) is 3.66. The van der Waals surface area contributed by atoms with Crippen LogP contribution in [0.4, 0.5) is 4.79 Å². The molecule has 3 rings (SSSR count). The molecule has 2 saturated heterocycles. The first-order valence-corrected chi connectivity index (χ1v) is 5.73. The molecule has 7 nitrogen and oxygen atoms in total. The molecule has 1 N–H and O–H groups in total. The number of carbonyl (C=O) groups excluding carboxylic acids is 4. The first kappa shape index (κ1) is 10.9. The zero-order valence-electron chi connectivity index (χ0n) is 9.46. The van der Waals surface area contributed by atoms with Gasteiger partial charge in [-0.25, -0.2) is 9.80 Å². The Morgan fingerprint density at radius 3 is 2.00 bits per heavy atom. The quantitative estimate of drug-likeness (QED) is 0.382. The lowest BCUT2D eigenvalue weighted by Gasteiger charge is -2.23. The van der Waals surface area contributed by atoms with Crippen LogP contribution in [0.25, 0.3) is 0 Å². The van der Waals surface area contributed by atoms with Gasteiger partial charge in [0.05, 0.1) is 11.8 Å². The Hall–Kier alpha value is -2.18. The fourth-order valence-corrected chi connectivity index (χ4v) is 2.61. The third kappa shape index (κ3) is 1.36. The van der Waals surface area contributed by atoms with Crippen LogP contribution in [-0.2, 0) is 14.4 Å². The van der Waals surface area contributed by atoms with Crippen molar-refractivity contribution in [2.24, 2.45) is 11.8 Å². The molecule has 3 aliphatic rings. The summed E-state index contributed by atoms with van der Waals surface area (Å²) < 4.78 is 0. The summed E-state index contributed by atoms with van der Waals surface area (Å²) in [7, 11) is 0. The minimum atomic E-state index is -0.715. The minimum absolute atomic E-state index is 0.275. The van der Waals surface area contributed by atoms with Gasteiger partial charge < -0.3 is 0 Å². The van der Waals surface area contributed by atoms with Crippen LogP contribution in [0.1, 0.15) is 12.8 Å². The van der Waals surface area contributed by atoms with Crippen molar-refractivity contribution in [2.75, 3.05) is 6.54 Å². The fourth-order valence-electron chi connectivity index (χ4n) is 2.61. The fraction of sp³-hybridized carbons (Fsp3) is 0.455. The van der Waals surface area contributed by atoms with Crippen LogP contribution in [0, 0.1) is 11.8 Å². The summed E-state index contributed by atoms with van der Waals surface area (Å²) in [6, 6.07) is -0.715. The highest BCUT2D eigenvalue weighted by Gasteiger charge is 2.52. The van der Waals surface area contributed by atoms with Gasteiger partial charge in [0.1, 0.15) is 6.54 Å². The van der Waals surface area contributed by atoms with Crippen LogP contribution >= 0.6 is 0 Å². The molecule has 7 heteroatoms. The molecule has 2 unspecified atom stereocenters. The third-order valence-electron chi connectivity index (χ3n) is 3.50. The molecule has 1 aliphatic carbocycles. The monoisotopic (exact) mass is 249 g/mol. The van der Waals surface area contributed by atoms with Crippen molar-refractivity contribution in [1.29, 1.82) is 0 Å². The van der Waals surface area contributed by atoms with Gasteiger partial charge in [-0.2, -0.15) is 5.01 Å². The van der Waals surface area contributed by atoms with Gasteiger partial charge in [0, 0.05) is 0 Å². The maximum Gasteiger partial charge on any atom is 0.343 e. The number of nitrogens with zero attached hydrogens (tertiary/aromatic N) is 2. The van der Waals surface area contributed by atoms with Crippen molar-refractivity contribution in [3.05, 3.63) is 12.2 Å². The Morgan fingerprint density at radius 1 is 1.00 bits per heavy atom. The number of hydrazine groups is 1. The summed E-state index contributed by atoms with van der Waals surface area (Å²) in [5.41, 5.74) is 0. The molecule has 18 heavy (non-hydrogen) atoms. The second-order valence-corrected chi connectivity index (χ2v) is 4.56. The first-order chi connectivity index (χ1) is 8.59. The molecule has 2 aliphatic heterocycles. The number of rotatable bonds is 1. The van der Waals surface area contributed by atoms with E-state index in [-0.39, 0.29) is 18.4 Å². The lowest BCUT2D eigenvalue weighted by molar-refractivity contribution is -0.153. The SMILES string of the molecule is O=C1CN(N2C(=O)C3CC=CCC3C2=O)C(=O)N1. The maximum atomic E-state index is 12.1. The Morgan fingerprint density at radius 2 is 1.56 bits per heavy atom. The predicted molar refractivity (Wildman–Crippen MR) is 57.5 cm³/mol. The Labute approximate surface area is 102 Å². The normalized spacial score (nSPS) is 31.1. The number of fused-ring (bicyclic) bond motifs is 1. The van der Waals surface area contributed by atoms with Crippen LogP contribution < -0.4 is 5.32 Å². The van der Waals surface area contributed by atoms with Gasteiger partial charge in [0.25, 0.3) is 11.8 Å². The number of hydrogen-bond donors (Lipinski definition) is 1. The summed E-state index contributed by atoms with van der Waals surface area (Å²) in [6.45, 7) is -0.275. The van der Waals surface area contributed by atoms with E-state index in [1.165, 1.54) is 0 Å². The van der Waals surface area contributed by atoms with Crippen molar-refractivity contribution >= 4 is 23.8 Å². The van der Waals surface area contributed by atoms with Gasteiger partial charge in [-0.05, 0) is 12.8 Å². The summed E-state index contributed by atoms with van der Waals surface area (Å²) in [5, 5.41) is 3.78. The first-order valence-electron chi connectivity index (χ1n) is 5.73. The van der Waals surface area contributed by atoms with E-state index in [2.05, 4.69) is 5.32 Å².